The Kier molecular flexibility index (Phi) is 5.94. The van der Waals surface area contributed by atoms with Crippen LogP contribution in [0, 0.1) is 5.92 Å². The average molecular weight is 190 g/mol. The number of hydrogen-bond acceptors (Lipinski definition) is 0. The van der Waals surface area contributed by atoms with Gasteiger partial charge in [0.1, 0.15) is 0 Å². The van der Waals surface area contributed by atoms with Crippen LogP contribution in [0.2, 0.25) is 0 Å². The van der Waals surface area contributed by atoms with Crippen molar-refractivity contribution in [3.05, 3.63) is 47.6 Å². The summed E-state index contributed by atoms with van der Waals surface area (Å²) in [5.74, 6) is 0.600. The van der Waals surface area contributed by atoms with Gasteiger partial charge in [0.25, 0.3) is 0 Å². The van der Waals surface area contributed by atoms with E-state index >= 15 is 0 Å². The van der Waals surface area contributed by atoms with Gasteiger partial charge in [-0.15, -0.1) is 0 Å². The normalized spacial score (nSPS) is 14.1. The Balaban J connectivity index is 4.76. The molecule has 0 unspecified atom stereocenters. The molecule has 0 aromatic heterocycles. The lowest BCUT2D eigenvalue weighted by molar-refractivity contribution is 0.832. The minimum atomic E-state index is 0.600. The van der Waals surface area contributed by atoms with Gasteiger partial charge in [-0.25, -0.2) is 0 Å². The standard InChI is InChI=1S/C14H22/c1-7-13(6)14(12(4)5)10-8-9-11(2)3/h7-11H,4H2,1-3,5-6H3/b9-8-,13-7-,14-10+. The van der Waals surface area contributed by atoms with Crippen molar-refractivity contribution in [2.24, 2.45) is 5.92 Å². The molecule has 0 aliphatic rings. The second-order valence-electron chi connectivity index (χ2n) is 3.96. The second-order valence-corrected chi connectivity index (χ2v) is 3.96. The van der Waals surface area contributed by atoms with Crippen molar-refractivity contribution in [1.29, 1.82) is 0 Å². The monoisotopic (exact) mass is 190 g/mol. The van der Waals surface area contributed by atoms with E-state index in [-0.39, 0.29) is 0 Å². The van der Waals surface area contributed by atoms with E-state index in [1.165, 1.54) is 11.1 Å². The van der Waals surface area contributed by atoms with Crippen molar-refractivity contribution >= 4 is 0 Å². The predicted octanol–water partition coefficient (Wildman–Crippen LogP) is 4.67. The fourth-order valence-electron chi connectivity index (χ4n) is 1.14. The molecular weight excluding hydrogens is 168 g/mol. The van der Waals surface area contributed by atoms with Crippen molar-refractivity contribution < 1.29 is 0 Å². The Morgan fingerprint density at radius 2 is 1.79 bits per heavy atom. The van der Waals surface area contributed by atoms with Crippen molar-refractivity contribution in [3.63, 3.8) is 0 Å². The summed E-state index contributed by atoms with van der Waals surface area (Å²) in [6.07, 6.45) is 8.55. The SMILES string of the molecule is C=C(C)C(=C\C=C/C(C)C)/C(C)=C\C. The fourth-order valence-corrected chi connectivity index (χ4v) is 1.14. The molecule has 0 saturated carbocycles. The lowest BCUT2D eigenvalue weighted by atomic mass is 10.0. The Morgan fingerprint density at radius 1 is 1.21 bits per heavy atom. The first-order valence-electron chi connectivity index (χ1n) is 5.16. The summed E-state index contributed by atoms with van der Waals surface area (Å²) in [5, 5.41) is 0. The second kappa shape index (κ2) is 6.42. The highest BCUT2D eigenvalue weighted by molar-refractivity contribution is 5.44. The van der Waals surface area contributed by atoms with E-state index in [0.29, 0.717) is 5.92 Å². The van der Waals surface area contributed by atoms with Crippen LogP contribution in [0.1, 0.15) is 34.6 Å². The van der Waals surface area contributed by atoms with Gasteiger partial charge in [0.05, 0.1) is 0 Å². The highest BCUT2D eigenvalue weighted by Crippen LogP contribution is 2.17. The summed E-state index contributed by atoms with van der Waals surface area (Å²) >= 11 is 0. The van der Waals surface area contributed by atoms with Gasteiger partial charge >= 0.3 is 0 Å². The summed E-state index contributed by atoms with van der Waals surface area (Å²) < 4.78 is 0. The Morgan fingerprint density at radius 3 is 2.14 bits per heavy atom. The lowest BCUT2D eigenvalue weighted by Crippen LogP contribution is -1.86. The van der Waals surface area contributed by atoms with Crippen LogP contribution >= 0.6 is 0 Å². The number of hydrogen-bond donors (Lipinski definition) is 0. The zero-order valence-electron chi connectivity index (χ0n) is 10.1. The summed E-state index contributed by atoms with van der Waals surface area (Å²) in [7, 11) is 0. The van der Waals surface area contributed by atoms with Crippen LogP contribution < -0.4 is 0 Å². The molecule has 14 heavy (non-hydrogen) atoms. The van der Waals surface area contributed by atoms with Crippen LogP contribution in [-0.4, -0.2) is 0 Å². The maximum atomic E-state index is 3.98. The van der Waals surface area contributed by atoms with Crippen LogP contribution in [0.5, 0.6) is 0 Å². The zero-order valence-corrected chi connectivity index (χ0v) is 10.1. The maximum Gasteiger partial charge on any atom is -0.0207 e. The third kappa shape index (κ3) is 4.86. The van der Waals surface area contributed by atoms with E-state index in [4.69, 9.17) is 0 Å². The van der Waals surface area contributed by atoms with Crippen LogP contribution in [-0.2, 0) is 0 Å². The fraction of sp³-hybridized carbons (Fsp3) is 0.429. The van der Waals surface area contributed by atoms with Crippen molar-refractivity contribution in [2.45, 2.75) is 34.6 Å². The van der Waals surface area contributed by atoms with E-state index in [2.05, 4.69) is 58.6 Å². The molecule has 0 aliphatic carbocycles. The van der Waals surface area contributed by atoms with Crippen LogP contribution in [0.3, 0.4) is 0 Å². The van der Waals surface area contributed by atoms with Crippen LogP contribution in [0.4, 0.5) is 0 Å². The molecule has 0 aliphatic heterocycles. The topological polar surface area (TPSA) is 0 Å². The first-order chi connectivity index (χ1) is 6.49. The molecule has 0 rings (SSSR count). The molecule has 0 heterocycles. The van der Waals surface area contributed by atoms with Crippen molar-refractivity contribution in [3.8, 4) is 0 Å². The molecule has 0 atom stereocenters. The third-order valence-corrected chi connectivity index (χ3v) is 2.08. The van der Waals surface area contributed by atoms with Gasteiger partial charge in [-0.1, -0.05) is 50.3 Å². The summed E-state index contributed by atoms with van der Waals surface area (Å²) in [6.45, 7) is 14.5. The van der Waals surface area contributed by atoms with Gasteiger partial charge in [0.2, 0.25) is 0 Å². The zero-order chi connectivity index (χ0) is 11.1. The molecule has 0 aromatic rings. The Labute approximate surface area is 88.7 Å². The first-order valence-corrected chi connectivity index (χ1v) is 5.16. The van der Waals surface area contributed by atoms with Gasteiger partial charge in [-0.3, -0.25) is 0 Å². The van der Waals surface area contributed by atoms with Crippen molar-refractivity contribution in [1.82, 2.24) is 0 Å². The minimum absolute atomic E-state index is 0.600. The number of allylic oxidation sites excluding steroid dienone is 7. The quantitative estimate of drug-likeness (QED) is 0.565. The van der Waals surface area contributed by atoms with Gasteiger partial charge in [-0.2, -0.15) is 0 Å². The molecule has 0 N–H and O–H groups in total. The van der Waals surface area contributed by atoms with Crippen LogP contribution in [0.25, 0.3) is 0 Å². The molecule has 0 heteroatoms. The van der Waals surface area contributed by atoms with Crippen molar-refractivity contribution in [2.75, 3.05) is 0 Å². The minimum Gasteiger partial charge on any atom is -0.0955 e. The van der Waals surface area contributed by atoms with E-state index in [0.717, 1.165) is 5.57 Å². The molecule has 0 aromatic carbocycles. The van der Waals surface area contributed by atoms with E-state index in [1.54, 1.807) is 0 Å². The number of rotatable bonds is 4. The Hall–Kier alpha value is -1.04. The Bertz CT molecular complexity index is 272. The van der Waals surface area contributed by atoms with Crippen LogP contribution in [0.15, 0.2) is 47.6 Å². The van der Waals surface area contributed by atoms with E-state index in [1.807, 2.05) is 6.92 Å². The summed E-state index contributed by atoms with van der Waals surface area (Å²) in [6, 6.07) is 0. The molecule has 0 spiro atoms. The first kappa shape index (κ1) is 13.0. The molecule has 0 nitrogen and oxygen atoms in total. The highest BCUT2D eigenvalue weighted by Gasteiger charge is 1.97. The predicted molar refractivity (Wildman–Crippen MR) is 66.3 cm³/mol. The van der Waals surface area contributed by atoms with Gasteiger partial charge < -0.3 is 0 Å². The lowest BCUT2D eigenvalue weighted by Gasteiger charge is -2.05. The molecule has 0 radical (unpaired) electrons. The largest absolute Gasteiger partial charge is 0.0955 e. The summed E-state index contributed by atoms with van der Waals surface area (Å²) in [5.41, 5.74) is 3.64. The molecule has 0 saturated heterocycles. The van der Waals surface area contributed by atoms with Gasteiger partial charge in [0.15, 0.2) is 0 Å². The molecule has 0 amide bonds. The van der Waals surface area contributed by atoms with Gasteiger partial charge in [-0.05, 0) is 37.8 Å². The maximum absolute atomic E-state index is 3.98. The smallest absolute Gasteiger partial charge is 0.0207 e. The van der Waals surface area contributed by atoms with E-state index < -0.39 is 0 Å². The molecular formula is C14H22. The highest BCUT2D eigenvalue weighted by atomic mass is 14.0. The third-order valence-electron chi connectivity index (χ3n) is 2.08. The molecule has 0 fully saturated rings. The molecule has 0 bridgehead atoms. The average Bonchev–Trinajstić information content (AvgIpc) is 2.10. The van der Waals surface area contributed by atoms with E-state index in [9.17, 15) is 0 Å². The summed E-state index contributed by atoms with van der Waals surface area (Å²) in [4.78, 5) is 0. The molecule has 78 valence electrons. The van der Waals surface area contributed by atoms with Gasteiger partial charge in [0, 0.05) is 0 Å².